The molecule has 2 unspecified atom stereocenters. The molecule has 0 fully saturated rings. The molecule has 2 atom stereocenters. The average Bonchev–Trinajstić information content (AvgIpc) is 2.34. The van der Waals surface area contributed by atoms with Crippen LogP contribution in [0.25, 0.3) is 6.08 Å². The molecule has 0 saturated heterocycles. The van der Waals surface area contributed by atoms with Crippen molar-refractivity contribution in [1.82, 2.24) is 0 Å². The van der Waals surface area contributed by atoms with E-state index < -0.39 is 11.6 Å². The minimum absolute atomic E-state index is 0.522. The highest BCUT2D eigenvalue weighted by atomic mass is 16.1. The number of hydrogen-bond acceptors (Lipinski definition) is 4. The Labute approximate surface area is 105 Å². The number of hydrogen-bond donors (Lipinski definition) is 0. The molecule has 0 aromatic heterocycles. The molecule has 0 heterocycles. The lowest BCUT2D eigenvalue weighted by molar-refractivity contribution is 0.431. The molecule has 1 aliphatic rings. The average molecular weight is 240 g/mol. The first-order valence-electron chi connectivity index (χ1n) is 5.58. The molecule has 0 amide bonds. The summed E-state index contributed by atoms with van der Waals surface area (Å²) in [4.78, 5) is 28.7. The van der Waals surface area contributed by atoms with Crippen molar-refractivity contribution < 1.29 is 9.59 Å². The summed E-state index contributed by atoms with van der Waals surface area (Å²) in [6, 6.07) is 5.25. The summed E-state index contributed by atoms with van der Waals surface area (Å²) in [5.74, 6) is 0. The standard InChI is InChI=1S/C14H12N2O2/c1-10-4-3-5-12-11(10)6-7-13(15-8-17)14(12,2)16-9-18/h3-7,13H,1-2H3. The normalized spacial score (nSPS) is 24.7. The first-order chi connectivity index (χ1) is 8.63. The molecule has 1 aliphatic carbocycles. The molecule has 2 rings (SSSR count). The number of aryl methyl sites for hydroxylation is 1. The maximum absolute atomic E-state index is 10.7. The van der Waals surface area contributed by atoms with Gasteiger partial charge in [-0.1, -0.05) is 30.4 Å². The second-order valence-electron chi connectivity index (χ2n) is 4.41. The minimum Gasteiger partial charge on any atom is -0.211 e. The molecular formula is C14H12N2O2. The summed E-state index contributed by atoms with van der Waals surface area (Å²) < 4.78 is 0. The van der Waals surface area contributed by atoms with E-state index in [9.17, 15) is 9.59 Å². The van der Waals surface area contributed by atoms with Crippen LogP contribution in [0, 0.1) is 6.92 Å². The van der Waals surface area contributed by atoms with Crippen molar-refractivity contribution in [3.05, 3.63) is 41.0 Å². The van der Waals surface area contributed by atoms with Crippen LogP contribution in [0.2, 0.25) is 0 Å². The third kappa shape index (κ3) is 1.74. The quantitative estimate of drug-likeness (QED) is 0.588. The highest BCUT2D eigenvalue weighted by Crippen LogP contribution is 2.39. The predicted octanol–water partition coefficient (Wildman–Crippen LogP) is 2.28. The van der Waals surface area contributed by atoms with Crippen LogP contribution in [0.3, 0.4) is 0 Å². The van der Waals surface area contributed by atoms with Crippen LogP contribution >= 0.6 is 0 Å². The SMILES string of the molecule is Cc1cccc2c1C=CC(N=C=O)C2(C)N=C=O. The van der Waals surface area contributed by atoms with E-state index in [1.807, 2.05) is 31.2 Å². The fourth-order valence-electron chi connectivity index (χ4n) is 2.32. The molecule has 1 aromatic rings. The van der Waals surface area contributed by atoms with Gasteiger partial charge in [-0.2, -0.15) is 9.98 Å². The van der Waals surface area contributed by atoms with Gasteiger partial charge in [-0.3, -0.25) is 0 Å². The Morgan fingerprint density at radius 1 is 1.28 bits per heavy atom. The van der Waals surface area contributed by atoms with Gasteiger partial charge < -0.3 is 0 Å². The second-order valence-corrected chi connectivity index (χ2v) is 4.41. The number of benzene rings is 1. The van der Waals surface area contributed by atoms with Crippen molar-refractivity contribution in [2.24, 2.45) is 9.98 Å². The molecule has 18 heavy (non-hydrogen) atoms. The van der Waals surface area contributed by atoms with Crippen molar-refractivity contribution in [2.45, 2.75) is 25.4 Å². The maximum atomic E-state index is 10.7. The van der Waals surface area contributed by atoms with Crippen LogP contribution in [0.4, 0.5) is 0 Å². The number of fused-ring (bicyclic) bond motifs is 1. The predicted molar refractivity (Wildman–Crippen MR) is 67.6 cm³/mol. The van der Waals surface area contributed by atoms with E-state index in [-0.39, 0.29) is 0 Å². The highest BCUT2D eigenvalue weighted by Gasteiger charge is 2.39. The van der Waals surface area contributed by atoms with Gasteiger partial charge >= 0.3 is 0 Å². The third-order valence-electron chi connectivity index (χ3n) is 3.36. The van der Waals surface area contributed by atoms with Gasteiger partial charge in [0.05, 0.1) is 0 Å². The Morgan fingerprint density at radius 3 is 2.72 bits per heavy atom. The van der Waals surface area contributed by atoms with E-state index >= 15 is 0 Å². The molecule has 0 saturated carbocycles. The summed E-state index contributed by atoms with van der Waals surface area (Å²) >= 11 is 0. The van der Waals surface area contributed by atoms with Gasteiger partial charge in [-0.15, -0.1) is 0 Å². The van der Waals surface area contributed by atoms with Crippen LogP contribution in [0.1, 0.15) is 23.6 Å². The summed E-state index contributed by atoms with van der Waals surface area (Å²) in [7, 11) is 0. The summed E-state index contributed by atoms with van der Waals surface area (Å²) in [6.07, 6.45) is 6.77. The lowest BCUT2D eigenvalue weighted by Crippen LogP contribution is -2.35. The molecule has 0 radical (unpaired) electrons. The Kier molecular flexibility index (Phi) is 3.07. The number of aliphatic imine (C=N–C) groups is 2. The Hall–Kier alpha value is -2.28. The van der Waals surface area contributed by atoms with Crippen molar-refractivity contribution in [1.29, 1.82) is 0 Å². The van der Waals surface area contributed by atoms with Crippen molar-refractivity contribution in [3.63, 3.8) is 0 Å². The van der Waals surface area contributed by atoms with Crippen LogP contribution in [0.15, 0.2) is 34.3 Å². The zero-order valence-electron chi connectivity index (χ0n) is 10.2. The molecule has 90 valence electrons. The largest absolute Gasteiger partial charge is 0.235 e. The lowest BCUT2D eigenvalue weighted by Gasteiger charge is -2.33. The Bertz CT molecular complexity index is 608. The highest BCUT2D eigenvalue weighted by molar-refractivity contribution is 5.65. The lowest BCUT2D eigenvalue weighted by atomic mass is 9.77. The first kappa shape index (κ1) is 12.2. The topological polar surface area (TPSA) is 58.9 Å². The maximum Gasteiger partial charge on any atom is 0.235 e. The van der Waals surface area contributed by atoms with E-state index in [2.05, 4.69) is 9.98 Å². The van der Waals surface area contributed by atoms with Crippen molar-refractivity contribution in [2.75, 3.05) is 0 Å². The smallest absolute Gasteiger partial charge is 0.211 e. The van der Waals surface area contributed by atoms with Gasteiger partial charge in [-0.25, -0.2) is 9.59 Å². The van der Waals surface area contributed by atoms with Gasteiger partial charge in [0.2, 0.25) is 12.2 Å². The summed E-state index contributed by atoms with van der Waals surface area (Å²) in [5, 5.41) is 0. The Balaban J connectivity index is 2.72. The minimum atomic E-state index is -0.894. The molecule has 4 heteroatoms. The number of isocyanates is 2. The molecule has 4 nitrogen and oxygen atoms in total. The van der Waals surface area contributed by atoms with Gasteiger partial charge in [-0.05, 0) is 30.5 Å². The van der Waals surface area contributed by atoms with Gasteiger partial charge in [0.15, 0.2) is 0 Å². The summed E-state index contributed by atoms with van der Waals surface area (Å²) in [5.41, 5.74) is 2.08. The van der Waals surface area contributed by atoms with E-state index in [0.29, 0.717) is 0 Å². The number of nitrogens with zero attached hydrogens (tertiary/aromatic N) is 2. The van der Waals surface area contributed by atoms with Gasteiger partial charge in [0.25, 0.3) is 0 Å². The second kappa shape index (κ2) is 4.53. The van der Waals surface area contributed by atoms with E-state index in [1.165, 1.54) is 6.08 Å². The Morgan fingerprint density at radius 2 is 2.06 bits per heavy atom. The zero-order valence-corrected chi connectivity index (χ0v) is 10.2. The zero-order chi connectivity index (χ0) is 13.2. The van der Waals surface area contributed by atoms with Gasteiger partial charge in [0.1, 0.15) is 11.6 Å². The number of carbonyl (C=O) groups excluding carboxylic acids is 2. The first-order valence-corrected chi connectivity index (χ1v) is 5.58. The fraction of sp³-hybridized carbons (Fsp3) is 0.286. The molecule has 0 N–H and O–H groups in total. The molecule has 0 aliphatic heterocycles. The third-order valence-corrected chi connectivity index (χ3v) is 3.36. The molecule has 0 bridgehead atoms. The van der Waals surface area contributed by atoms with Crippen LogP contribution in [-0.2, 0) is 15.1 Å². The summed E-state index contributed by atoms with van der Waals surface area (Å²) in [6.45, 7) is 3.75. The molecular weight excluding hydrogens is 228 g/mol. The molecule has 0 spiro atoms. The van der Waals surface area contributed by atoms with E-state index in [1.54, 1.807) is 19.1 Å². The van der Waals surface area contributed by atoms with Crippen LogP contribution in [0.5, 0.6) is 0 Å². The van der Waals surface area contributed by atoms with Gasteiger partial charge in [0, 0.05) is 0 Å². The van der Waals surface area contributed by atoms with E-state index in [4.69, 9.17) is 0 Å². The molecule has 1 aromatic carbocycles. The van der Waals surface area contributed by atoms with Crippen molar-refractivity contribution >= 4 is 18.2 Å². The van der Waals surface area contributed by atoms with E-state index in [0.717, 1.165) is 16.7 Å². The number of rotatable bonds is 2. The fourth-order valence-corrected chi connectivity index (χ4v) is 2.32. The van der Waals surface area contributed by atoms with Crippen LogP contribution < -0.4 is 0 Å². The van der Waals surface area contributed by atoms with Crippen molar-refractivity contribution in [3.8, 4) is 0 Å². The van der Waals surface area contributed by atoms with Crippen LogP contribution in [-0.4, -0.2) is 18.2 Å². The monoisotopic (exact) mass is 240 g/mol.